The van der Waals surface area contributed by atoms with Crippen molar-refractivity contribution < 1.29 is 27.9 Å². The van der Waals surface area contributed by atoms with E-state index in [1.54, 1.807) is 6.07 Å². The molecule has 2 N–H and O–H groups in total. The van der Waals surface area contributed by atoms with Crippen molar-refractivity contribution >= 4 is 33.5 Å². The number of hydrogen-bond donors (Lipinski definition) is 2. The molecule has 0 bridgehead atoms. The average Bonchev–Trinajstić information content (AvgIpc) is 3.38. The summed E-state index contributed by atoms with van der Waals surface area (Å²) in [6.07, 6.45) is 3.97. The first kappa shape index (κ1) is 31.6. The Kier molecular flexibility index (Phi) is 10.7. The number of aliphatic carboxylic acids is 1. The van der Waals surface area contributed by atoms with Gasteiger partial charge in [0, 0.05) is 31.0 Å². The summed E-state index contributed by atoms with van der Waals surface area (Å²) in [5.74, 6) is -0.166. The van der Waals surface area contributed by atoms with Gasteiger partial charge in [-0.05, 0) is 78.3 Å². The van der Waals surface area contributed by atoms with Crippen molar-refractivity contribution in [2.24, 2.45) is 0 Å². The number of ether oxygens (including phenoxy) is 1. The molecule has 1 fully saturated rings. The molecule has 1 saturated heterocycles. The summed E-state index contributed by atoms with van der Waals surface area (Å²) in [6, 6.07) is 21.7. The van der Waals surface area contributed by atoms with Gasteiger partial charge < -0.3 is 15.2 Å². The van der Waals surface area contributed by atoms with Gasteiger partial charge in [-0.1, -0.05) is 48.5 Å². The van der Waals surface area contributed by atoms with E-state index in [0.717, 1.165) is 22.4 Å². The fourth-order valence-corrected chi connectivity index (χ4v) is 6.78. The van der Waals surface area contributed by atoms with Crippen molar-refractivity contribution in [3.8, 4) is 16.9 Å². The SMILES string of the molecule is CSCC[C@H](NC(=O)c1ccc(CN2C[C@H](S(C)(=O)=O)C[C@H]2COc2ccccc2)cc1-c1ccccc1C)C(=O)O. The monoisotopic (exact) mass is 610 g/mol. The summed E-state index contributed by atoms with van der Waals surface area (Å²) in [4.78, 5) is 27.4. The predicted molar refractivity (Wildman–Crippen MR) is 168 cm³/mol. The van der Waals surface area contributed by atoms with Crippen molar-refractivity contribution in [2.45, 2.75) is 43.6 Å². The Morgan fingerprint density at radius 2 is 1.79 bits per heavy atom. The van der Waals surface area contributed by atoms with E-state index in [0.29, 0.717) is 49.4 Å². The Bertz CT molecular complexity index is 1500. The molecule has 0 spiro atoms. The molecular weight excluding hydrogens is 572 g/mol. The molecule has 0 saturated carbocycles. The third kappa shape index (κ3) is 8.14. The second kappa shape index (κ2) is 14.2. The van der Waals surface area contributed by atoms with Gasteiger partial charge in [0.1, 0.15) is 18.4 Å². The number of likely N-dealkylation sites (tertiary alicyclic amines) is 1. The van der Waals surface area contributed by atoms with E-state index >= 15 is 0 Å². The number of rotatable bonds is 13. The summed E-state index contributed by atoms with van der Waals surface area (Å²) < 4.78 is 31.0. The maximum absolute atomic E-state index is 13.4. The van der Waals surface area contributed by atoms with Crippen molar-refractivity contribution in [1.82, 2.24) is 10.2 Å². The van der Waals surface area contributed by atoms with Crippen molar-refractivity contribution in [1.29, 1.82) is 0 Å². The molecule has 3 aromatic carbocycles. The van der Waals surface area contributed by atoms with Gasteiger partial charge in [0.05, 0.1) is 5.25 Å². The highest BCUT2D eigenvalue weighted by molar-refractivity contribution is 7.98. The number of nitrogens with zero attached hydrogens (tertiary/aromatic N) is 1. The maximum Gasteiger partial charge on any atom is 0.326 e. The second-order valence-electron chi connectivity index (χ2n) is 10.7. The van der Waals surface area contributed by atoms with Crippen LogP contribution in [0.4, 0.5) is 0 Å². The summed E-state index contributed by atoms with van der Waals surface area (Å²) in [5.41, 5.74) is 3.87. The number of amides is 1. The molecule has 42 heavy (non-hydrogen) atoms. The van der Waals surface area contributed by atoms with Crippen LogP contribution in [0.3, 0.4) is 0 Å². The van der Waals surface area contributed by atoms with Gasteiger partial charge in [0.25, 0.3) is 5.91 Å². The Morgan fingerprint density at radius 1 is 1.07 bits per heavy atom. The minimum Gasteiger partial charge on any atom is -0.492 e. The van der Waals surface area contributed by atoms with Crippen LogP contribution in [-0.4, -0.2) is 79.1 Å². The lowest BCUT2D eigenvalue weighted by Gasteiger charge is -2.25. The molecule has 1 aliphatic rings. The van der Waals surface area contributed by atoms with Gasteiger partial charge in [-0.25, -0.2) is 13.2 Å². The Morgan fingerprint density at radius 3 is 2.45 bits per heavy atom. The Labute approximate surface area is 252 Å². The standard InChI is InChI=1S/C32H38N2O6S2/c1-22-9-7-8-12-27(22)29-17-23(13-14-28(29)31(35)33-30(32(36)37)15-16-41-2)19-34-20-26(42(3,38)39)18-24(34)21-40-25-10-5-4-6-11-25/h4-14,17,24,26,30H,15-16,18-21H2,1-3H3,(H,33,35)(H,36,37)/t24-,26+,30-/m0/s1. The van der Waals surface area contributed by atoms with Crippen LogP contribution in [0.1, 0.15) is 34.3 Å². The molecule has 0 aliphatic carbocycles. The summed E-state index contributed by atoms with van der Waals surface area (Å²) in [6.45, 7) is 3.19. The molecule has 224 valence electrons. The molecule has 0 aromatic heterocycles. The van der Waals surface area contributed by atoms with E-state index in [1.165, 1.54) is 18.0 Å². The van der Waals surface area contributed by atoms with Crippen LogP contribution >= 0.6 is 11.8 Å². The lowest BCUT2D eigenvalue weighted by atomic mass is 9.93. The van der Waals surface area contributed by atoms with E-state index in [1.807, 2.05) is 79.9 Å². The van der Waals surface area contributed by atoms with Gasteiger partial charge >= 0.3 is 5.97 Å². The number of carboxylic acid groups (broad SMARTS) is 1. The number of aryl methyl sites for hydroxylation is 1. The molecule has 8 nitrogen and oxygen atoms in total. The molecule has 3 aromatic rings. The number of thioether (sulfide) groups is 1. The minimum atomic E-state index is -3.24. The van der Waals surface area contributed by atoms with Crippen LogP contribution in [0, 0.1) is 6.92 Å². The van der Waals surface area contributed by atoms with Gasteiger partial charge in [-0.2, -0.15) is 11.8 Å². The lowest BCUT2D eigenvalue weighted by Crippen LogP contribution is -2.41. The molecule has 4 rings (SSSR count). The fourth-order valence-electron chi connectivity index (χ4n) is 5.27. The smallest absolute Gasteiger partial charge is 0.326 e. The minimum absolute atomic E-state index is 0.109. The molecule has 0 radical (unpaired) electrons. The van der Waals surface area contributed by atoms with E-state index in [9.17, 15) is 23.1 Å². The highest BCUT2D eigenvalue weighted by atomic mass is 32.2. The number of sulfone groups is 1. The number of carbonyl (C=O) groups excluding carboxylic acids is 1. The van der Waals surface area contributed by atoms with Crippen LogP contribution in [0.2, 0.25) is 0 Å². The summed E-state index contributed by atoms with van der Waals surface area (Å²) in [5, 5.41) is 11.9. The molecule has 3 atom stereocenters. The highest BCUT2D eigenvalue weighted by Crippen LogP contribution is 2.31. The number of carbonyl (C=O) groups is 2. The largest absolute Gasteiger partial charge is 0.492 e. The van der Waals surface area contributed by atoms with Crippen molar-refractivity contribution in [3.63, 3.8) is 0 Å². The van der Waals surface area contributed by atoms with Crippen molar-refractivity contribution in [3.05, 3.63) is 89.5 Å². The number of nitrogens with one attached hydrogen (secondary N) is 1. The summed E-state index contributed by atoms with van der Waals surface area (Å²) in [7, 11) is -3.24. The van der Waals surface area contributed by atoms with Crippen LogP contribution in [0.15, 0.2) is 72.8 Å². The first-order valence-electron chi connectivity index (χ1n) is 13.9. The molecular formula is C32H38N2O6S2. The number of para-hydroxylation sites is 1. The number of carboxylic acids is 1. The third-order valence-electron chi connectivity index (χ3n) is 7.64. The predicted octanol–water partition coefficient (Wildman–Crippen LogP) is 4.66. The molecule has 1 heterocycles. The Balaban J connectivity index is 1.63. The average molecular weight is 611 g/mol. The number of hydrogen-bond acceptors (Lipinski definition) is 7. The highest BCUT2D eigenvalue weighted by Gasteiger charge is 2.38. The molecule has 0 unspecified atom stereocenters. The maximum atomic E-state index is 13.4. The zero-order valence-corrected chi connectivity index (χ0v) is 25.8. The Hall–Kier alpha value is -3.34. The number of benzene rings is 3. The van der Waals surface area contributed by atoms with E-state index in [4.69, 9.17) is 4.74 Å². The topological polar surface area (TPSA) is 113 Å². The van der Waals surface area contributed by atoms with Gasteiger partial charge in [-0.3, -0.25) is 9.69 Å². The fraction of sp³-hybridized carbons (Fsp3) is 0.375. The van der Waals surface area contributed by atoms with Gasteiger partial charge in [-0.15, -0.1) is 0 Å². The lowest BCUT2D eigenvalue weighted by molar-refractivity contribution is -0.139. The molecule has 10 heteroatoms. The van der Waals surface area contributed by atoms with Crippen molar-refractivity contribution in [2.75, 3.05) is 31.4 Å². The zero-order valence-electron chi connectivity index (χ0n) is 24.2. The molecule has 1 aliphatic heterocycles. The normalized spacial score (nSPS) is 18.0. The summed E-state index contributed by atoms with van der Waals surface area (Å²) >= 11 is 1.53. The van der Waals surface area contributed by atoms with Crippen LogP contribution in [0.5, 0.6) is 5.75 Å². The van der Waals surface area contributed by atoms with Crippen LogP contribution in [0.25, 0.3) is 11.1 Å². The third-order valence-corrected chi connectivity index (χ3v) is 9.84. The first-order valence-corrected chi connectivity index (χ1v) is 17.2. The van der Waals surface area contributed by atoms with Crippen LogP contribution in [-0.2, 0) is 21.2 Å². The van der Waals surface area contributed by atoms with Gasteiger partial charge in [0.15, 0.2) is 9.84 Å². The molecule has 1 amide bonds. The quantitative estimate of drug-likeness (QED) is 0.287. The van der Waals surface area contributed by atoms with Crippen LogP contribution < -0.4 is 10.1 Å². The second-order valence-corrected chi connectivity index (χ2v) is 14.0. The zero-order chi connectivity index (χ0) is 30.3. The van der Waals surface area contributed by atoms with E-state index in [2.05, 4.69) is 10.2 Å². The first-order chi connectivity index (χ1) is 20.1. The van der Waals surface area contributed by atoms with E-state index in [-0.39, 0.29) is 6.04 Å². The van der Waals surface area contributed by atoms with Gasteiger partial charge in [0.2, 0.25) is 0 Å². The van der Waals surface area contributed by atoms with E-state index < -0.39 is 33.0 Å².